The molecular formula is C25H22F3NO3. The van der Waals surface area contributed by atoms with Gasteiger partial charge in [-0.15, -0.1) is 0 Å². The monoisotopic (exact) mass is 441 g/mol. The van der Waals surface area contributed by atoms with Gasteiger partial charge in [0.2, 0.25) is 0 Å². The summed E-state index contributed by atoms with van der Waals surface area (Å²) in [5, 5.41) is 18.5. The number of aliphatic hydroxyl groups excluding tert-OH is 2. The van der Waals surface area contributed by atoms with Gasteiger partial charge in [-0.25, -0.2) is 0 Å². The maximum absolute atomic E-state index is 13.3. The van der Waals surface area contributed by atoms with Crippen LogP contribution in [0.25, 0.3) is 17.2 Å². The Bertz CT molecular complexity index is 1130. The predicted molar refractivity (Wildman–Crippen MR) is 118 cm³/mol. The van der Waals surface area contributed by atoms with Gasteiger partial charge < -0.3 is 19.8 Å². The zero-order valence-corrected chi connectivity index (χ0v) is 17.1. The predicted octanol–water partition coefficient (Wildman–Crippen LogP) is 5.27. The molecule has 0 aliphatic carbocycles. The summed E-state index contributed by atoms with van der Waals surface area (Å²) in [7, 11) is 0. The van der Waals surface area contributed by atoms with E-state index >= 15 is 0 Å². The first-order valence-electron chi connectivity index (χ1n) is 10.1. The number of para-hydroxylation sites is 1. The van der Waals surface area contributed by atoms with E-state index in [2.05, 4.69) is 0 Å². The highest BCUT2D eigenvalue weighted by atomic mass is 19.4. The average Bonchev–Trinajstić information content (AvgIpc) is 2.81. The summed E-state index contributed by atoms with van der Waals surface area (Å²) >= 11 is 0. The van der Waals surface area contributed by atoms with Crippen molar-refractivity contribution >= 4 is 17.5 Å². The molecule has 1 atom stereocenters. The number of alkyl halides is 3. The number of hydrogen-bond donors (Lipinski definition) is 2. The molecule has 0 spiro atoms. The highest BCUT2D eigenvalue weighted by Gasteiger charge is 2.31. The SMILES string of the molecule is OCC(O)COc1cccc(N2CC=Cc3cccc(-c4cccc(C(F)(F)F)c4)c32)c1. The lowest BCUT2D eigenvalue weighted by Gasteiger charge is -2.31. The number of rotatable bonds is 6. The van der Waals surface area contributed by atoms with Gasteiger partial charge in [0, 0.05) is 23.9 Å². The molecular weight excluding hydrogens is 419 g/mol. The number of benzene rings is 3. The zero-order valence-electron chi connectivity index (χ0n) is 17.1. The van der Waals surface area contributed by atoms with Crippen LogP contribution in [0, 0.1) is 0 Å². The molecule has 2 N–H and O–H groups in total. The summed E-state index contributed by atoms with van der Waals surface area (Å²) in [5.74, 6) is 0.516. The zero-order chi connectivity index (χ0) is 22.7. The summed E-state index contributed by atoms with van der Waals surface area (Å²) < 4.78 is 45.5. The van der Waals surface area contributed by atoms with Crippen molar-refractivity contribution in [3.05, 3.63) is 83.9 Å². The fourth-order valence-corrected chi connectivity index (χ4v) is 3.69. The number of nitrogens with zero attached hydrogens (tertiary/aromatic N) is 1. The van der Waals surface area contributed by atoms with E-state index in [1.165, 1.54) is 12.1 Å². The van der Waals surface area contributed by atoms with Crippen molar-refractivity contribution < 1.29 is 28.1 Å². The molecule has 0 radical (unpaired) electrons. The molecule has 0 fully saturated rings. The van der Waals surface area contributed by atoms with E-state index in [1.807, 2.05) is 41.3 Å². The minimum absolute atomic E-state index is 0.0497. The molecule has 0 bridgehead atoms. The second kappa shape index (κ2) is 9.06. The van der Waals surface area contributed by atoms with Gasteiger partial charge >= 0.3 is 6.18 Å². The van der Waals surface area contributed by atoms with Gasteiger partial charge in [0.1, 0.15) is 18.5 Å². The molecule has 166 valence electrons. The molecule has 7 heteroatoms. The number of ether oxygens (including phenoxy) is 1. The van der Waals surface area contributed by atoms with Crippen molar-refractivity contribution in [3.63, 3.8) is 0 Å². The molecule has 3 aromatic carbocycles. The molecule has 1 unspecified atom stereocenters. The smallest absolute Gasteiger partial charge is 0.416 e. The van der Waals surface area contributed by atoms with Crippen molar-refractivity contribution in [2.24, 2.45) is 0 Å². The van der Waals surface area contributed by atoms with Crippen LogP contribution < -0.4 is 9.64 Å². The molecule has 0 saturated carbocycles. The Hall–Kier alpha value is -3.29. The van der Waals surface area contributed by atoms with Crippen molar-refractivity contribution in [2.75, 3.05) is 24.7 Å². The second-order valence-corrected chi connectivity index (χ2v) is 7.48. The Morgan fingerprint density at radius 2 is 1.78 bits per heavy atom. The quantitative estimate of drug-likeness (QED) is 0.547. The van der Waals surface area contributed by atoms with E-state index in [9.17, 15) is 18.3 Å². The molecule has 1 aliphatic heterocycles. The Labute approximate surface area is 183 Å². The Morgan fingerprint density at radius 3 is 2.56 bits per heavy atom. The molecule has 32 heavy (non-hydrogen) atoms. The first-order valence-corrected chi connectivity index (χ1v) is 10.1. The Morgan fingerprint density at radius 1 is 1.00 bits per heavy atom. The molecule has 1 aliphatic rings. The van der Waals surface area contributed by atoms with E-state index in [1.54, 1.807) is 24.3 Å². The summed E-state index contributed by atoms with van der Waals surface area (Å²) in [6.07, 6.45) is -1.46. The van der Waals surface area contributed by atoms with E-state index in [0.29, 0.717) is 23.4 Å². The Balaban J connectivity index is 1.74. The second-order valence-electron chi connectivity index (χ2n) is 7.48. The fraction of sp³-hybridized carbons (Fsp3) is 0.200. The van der Waals surface area contributed by atoms with Crippen molar-refractivity contribution in [3.8, 4) is 16.9 Å². The van der Waals surface area contributed by atoms with Crippen LogP contribution >= 0.6 is 0 Å². The summed E-state index contributed by atoms with van der Waals surface area (Å²) in [5.41, 5.74) is 2.99. The molecule has 0 saturated heterocycles. The van der Waals surface area contributed by atoms with Gasteiger partial charge in [-0.2, -0.15) is 13.2 Å². The lowest BCUT2D eigenvalue weighted by molar-refractivity contribution is -0.137. The molecule has 4 nitrogen and oxygen atoms in total. The number of anilines is 2. The van der Waals surface area contributed by atoms with Crippen LogP contribution in [-0.4, -0.2) is 36.1 Å². The van der Waals surface area contributed by atoms with Crippen LogP contribution in [0.3, 0.4) is 0 Å². The number of halogens is 3. The summed E-state index contributed by atoms with van der Waals surface area (Å²) in [4.78, 5) is 2.01. The largest absolute Gasteiger partial charge is 0.491 e. The third kappa shape index (κ3) is 4.64. The van der Waals surface area contributed by atoms with Gasteiger partial charge in [-0.05, 0) is 35.4 Å². The molecule has 3 aromatic rings. The summed E-state index contributed by atoms with van der Waals surface area (Å²) in [6, 6.07) is 18.1. The number of aliphatic hydroxyl groups is 2. The maximum atomic E-state index is 13.3. The normalized spacial score (nSPS) is 14.2. The van der Waals surface area contributed by atoms with E-state index in [4.69, 9.17) is 9.84 Å². The lowest BCUT2D eigenvalue weighted by atomic mass is 9.95. The van der Waals surface area contributed by atoms with Crippen LogP contribution in [0.4, 0.5) is 24.5 Å². The minimum Gasteiger partial charge on any atom is -0.491 e. The van der Waals surface area contributed by atoms with Gasteiger partial charge in [-0.1, -0.05) is 48.6 Å². The third-order valence-electron chi connectivity index (χ3n) is 5.21. The summed E-state index contributed by atoms with van der Waals surface area (Å²) in [6.45, 7) is 0.0853. The minimum atomic E-state index is -4.42. The Kier molecular flexibility index (Phi) is 6.21. The van der Waals surface area contributed by atoms with Crippen LogP contribution in [-0.2, 0) is 6.18 Å². The molecule has 0 aromatic heterocycles. The third-order valence-corrected chi connectivity index (χ3v) is 5.21. The standard InChI is InChI=1S/C25H22F3NO3/c26-25(27,28)19-8-1-6-18(13-19)23-11-2-5-17-7-4-12-29(24(17)23)20-9-3-10-22(14-20)32-16-21(31)15-30/h1-11,13-14,21,30-31H,12,15-16H2. The molecule has 0 amide bonds. The lowest BCUT2D eigenvalue weighted by Crippen LogP contribution is -2.22. The maximum Gasteiger partial charge on any atom is 0.416 e. The van der Waals surface area contributed by atoms with Crippen LogP contribution in [0.5, 0.6) is 5.75 Å². The first kappa shape index (κ1) is 21.9. The topological polar surface area (TPSA) is 52.9 Å². The highest BCUT2D eigenvalue weighted by Crippen LogP contribution is 2.42. The van der Waals surface area contributed by atoms with Gasteiger partial charge in [-0.3, -0.25) is 0 Å². The van der Waals surface area contributed by atoms with E-state index in [0.717, 1.165) is 23.0 Å². The van der Waals surface area contributed by atoms with E-state index < -0.39 is 24.5 Å². The van der Waals surface area contributed by atoms with Gasteiger partial charge in [0.25, 0.3) is 0 Å². The fourth-order valence-electron chi connectivity index (χ4n) is 3.69. The van der Waals surface area contributed by atoms with Gasteiger partial charge in [0.05, 0.1) is 17.9 Å². The van der Waals surface area contributed by atoms with Crippen molar-refractivity contribution in [2.45, 2.75) is 12.3 Å². The average molecular weight is 441 g/mol. The molecule has 4 rings (SSSR count). The number of hydrogen-bond acceptors (Lipinski definition) is 4. The van der Waals surface area contributed by atoms with Gasteiger partial charge in [0.15, 0.2) is 0 Å². The van der Waals surface area contributed by atoms with Crippen molar-refractivity contribution in [1.82, 2.24) is 0 Å². The number of fused-ring (bicyclic) bond motifs is 1. The van der Waals surface area contributed by atoms with E-state index in [-0.39, 0.29) is 6.61 Å². The first-order chi connectivity index (χ1) is 15.4. The van der Waals surface area contributed by atoms with Crippen molar-refractivity contribution in [1.29, 1.82) is 0 Å². The van der Waals surface area contributed by atoms with Crippen LogP contribution in [0.15, 0.2) is 72.8 Å². The van der Waals surface area contributed by atoms with Crippen LogP contribution in [0.2, 0.25) is 0 Å². The highest BCUT2D eigenvalue weighted by molar-refractivity contribution is 5.90. The molecule has 1 heterocycles. The van der Waals surface area contributed by atoms with Crippen LogP contribution in [0.1, 0.15) is 11.1 Å².